The van der Waals surface area contributed by atoms with Gasteiger partial charge in [0.05, 0.1) is 20.1 Å². The highest BCUT2D eigenvalue weighted by Crippen LogP contribution is 2.31. The predicted octanol–water partition coefficient (Wildman–Crippen LogP) is 7.20. The van der Waals surface area contributed by atoms with Gasteiger partial charge in [0.25, 0.3) is 0 Å². The fraction of sp³-hybridized carbons (Fsp3) is 0.394. The van der Waals surface area contributed by atoms with Crippen LogP contribution in [0.15, 0.2) is 72.8 Å². The summed E-state index contributed by atoms with van der Waals surface area (Å²) in [6, 6.07) is 25.1. The third-order valence-electron chi connectivity index (χ3n) is 7.68. The average molecular weight is 513 g/mol. The van der Waals surface area contributed by atoms with Crippen LogP contribution >= 0.6 is 0 Å². The molecule has 1 fully saturated rings. The van der Waals surface area contributed by atoms with Gasteiger partial charge in [-0.1, -0.05) is 74.7 Å². The van der Waals surface area contributed by atoms with Gasteiger partial charge in [-0.15, -0.1) is 0 Å². The Morgan fingerprint density at radius 1 is 0.868 bits per heavy atom. The number of hydrogen-bond acceptors (Lipinski definition) is 4. The van der Waals surface area contributed by atoms with Crippen molar-refractivity contribution in [3.05, 3.63) is 83.9 Å². The molecule has 200 valence electrons. The first-order valence-electron chi connectivity index (χ1n) is 13.7. The van der Waals surface area contributed by atoms with Crippen molar-refractivity contribution in [3.8, 4) is 11.1 Å². The van der Waals surface area contributed by atoms with E-state index < -0.39 is 0 Å². The van der Waals surface area contributed by atoms with Gasteiger partial charge in [0.15, 0.2) is 0 Å². The number of rotatable bonds is 9. The van der Waals surface area contributed by atoms with E-state index in [9.17, 15) is 9.59 Å². The molecule has 1 atom stereocenters. The number of carbonyl (C=O) groups is 2. The topological polar surface area (TPSA) is 49.9 Å². The normalized spacial score (nSPS) is 14.5. The smallest absolute Gasteiger partial charge is 0.306 e. The van der Waals surface area contributed by atoms with Gasteiger partial charge < -0.3 is 14.5 Å². The molecule has 0 aromatic heterocycles. The highest BCUT2D eigenvalue weighted by Gasteiger charge is 2.27. The van der Waals surface area contributed by atoms with Crippen molar-refractivity contribution < 1.29 is 14.3 Å². The molecule has 3 aromatic rings. The van der Waals surface area contributed by atoms with Crippen LogP contribution in [0.3, 0.4) is 0 Å². The van der Waals surface area contributed by atoms with Crippen LogP contribution in [0, 0.1) is 5.92 Å². The Morgan fingerprint density at radius 3 is 2.11 bits per heavy atom. The van der Waals surface area contributed by atoms with Crippen LogP contribution in [0.25, 0.3) is 11.1 Å². The van der Waals surface area contributed by atoms with E-state index in [0.717, 1.165) is 48.1 Å². The number of nitrogens with zero attached hydrogens (tertiary/aromatic N) is 2. The standard InChI is InChI=1S/C33H40N2O3/c1-24(21-32(36)38-4)29-11-8-12-31(22-29)35(33(37)28-9-6-5-7-10-28)23-25-13-15-26(16-14-25)27-17-19-30(20-18-27)34(2)3/h8,11-20,22,24,28H,5-7,9-10,21,23H2,1-4H3. The Hall–Kier alpha value is -3.60. The summed E-state index contributed by atoms with van der Waals surface area (Å²) in [5, 5.41) is 0. The second kappa shape index (κ2) is 12.8. The van der Waals surface area contributed by atoms with Gasteiger partial charge in [0.2, 0.25) is 5.91 Å². The molecule has 4 rings (SSSR count). The highest BCUT2D eigenvalue weighted by molar-refractivity contribution is 5.95. The minimum absolute atomic E-state index is 0.00667. The molecule has 1 aliphatic rings. The maximum absolute atomic E-state index is 13.8. The van der Waals surface area contributed by atoms with Crippen LogP contribution in [-0.2, 0) is 20.9 Å². The lowest BCUT2D eigenvalue weighted by Crippen LogP contribution is -2.36. The van der Waals surface area contributed by atoms with Crippen LogP contribution in [0.4, 0.5) is 11.4 Å². The molecule has 0 spiro atoms. The first kappa shape index (κ1) is 27.4. The van der Waals surface area contributed by atoms with E-state index in [-0.39, 0.29) is 23.7 Å². The summed E-state index contributed by atoms with van der Waals surface area (Å²) >= 11 is 0. The lowest BCUT2D eigenvalue weighted by molar-refractivity contribution is -0.141. The van der Waals surface area contributed by atoms with E-state index in [1.807, 2.05) is 44.1 Å². The molecule has 0 bridgehead atoms. The number of anilines is 2. The van der Waals surface area contributed by atoms with Crippen molar-refractivity contribution >= 4 is 23.3 Å². The number of hydrogen-bond donors (Lipinski definition) is 0. The van der Waals surface area contributed by atoms with E-state index >= 15 is 0 Å². The second-order valence-electron chi connectivity index (χ2n) is 10.7. The molecule has 1 unspecified atom stereocenters. The third-order valence-corrected chi connectivity index (χ3v) is 7.68. The molecule has 0 aliphatic heterocycles. The van der Waals surface area contributed by atoms with E-state index in [0.29, 0.717) is 13.0 Å². The minimum atomic E-state index is -0.227. The molecule has 1 aliphatic carbocycles. The zero-order chi connectivity index (χ0) is 27.1. The maximum Gasteiger partial charge on any atom is 0.306 e. The van der Waals surface area contributed by atoms with Crippen LogP contribution in [0.2, 0.25) is 0 Å². The van der Waals surface area contributed by atoms with Crippen molar-refractivity contribution in [1.82, 2.24) is 0 Å². The first-order chi connectivity index (χ1) is 18.4. The Labute approximate surface area is 227 Å². The second-order valence-corrected chi connectivity index (χ2v) is 10.7. The molecule has 0 N–H and O–H groups in total. The number of carbonyl (C=O) groups excluding carboxylic acids is 2. The molecule has 0 radical (unpaired) electrons. The van der Waals surface area contributed by atoms with Gasteiger partial charge in [-0.05, 0) is 65.3 Å². The van der Waals surface area contributed by atoms with Crippen molar-refractivity contribution in [1.29, 1.82) is 0 Å². The van der Waals surface area contributed by atoms with Crippen molar-refractivity contribution in [2.45, 2.75) is 57.9 Å². The summed E-state index contributed by atoms with van der Waals surface area (Å²) in [6.45, 7) is 2.54. The summed E-state index contributed by atoms with van der Waals surface area (Å²) in [5.41, 5.74) is 6.51. The molecular weight excluding hydrogens is 472 g/mol. The molecule has 0 heterocycles. The van der Waals surface area contributed by atoms with E-state index in [4.69, 9.17) is 4.74 Å². The third kappa shape index (κ3) is 6.83. The Balaban J connectivity index is 1.58. The van der Waals surface area contributed by atoms with Crippen LogP contribution < -0.4 is 9.80 Å². The molecule has 38 heavy (non-hydrogen) atoms. The summed E-state index contributed by atoms with van der Waals surface area (Å²) < 4.78 is 4.87. The summed E-state index contributed by atoms with van der Waals surface area (Å²) in [6.07, 6.45) is 5.66. The summed E-state index contributed by atoms with van der Waals surface area (Å²) in [4.78, 5) is 29.7. The van der Waals surface area contributed by atoms with E-state index in [2.05, 4.69) is 59.5 Å². The first-order valence-corrected chi connectivity index (χ1v) is 13.7. The molecular formula is C33H40N2O3. The zero-order valence-electron chi connectivity index (χ0n) is 23.2. The lowest BCUT2D eigenvalue weighted by Gasteiger charge is -2.30. The largest absolute Gasteiger partial charge is 0.469 e. The van der Waals surface area contributed by atoms with E-state index in [1.165, 1.54) is 24.8 Å². The minimum Gasteiger partial charge on any atom is -0.469 e. The van der Waals surface area contributed by atoms with Gasteiger partial charge >= 0.3 is 5.97 Å². The van der Waals surface area contributed by atoms with Gasteiger partial charge in [0.1, 0.15) is 0 Å². The molecule has 0 saturated heterocycles. The fourth-order valence-corrected chi connectivity index (χ4v) is 5.25. The number of esters is 1. The van der Waals surface area contributed by atoms with Gasteiger partial charge in [-0.3, -0.25) is 9.59 Å². The lowest BCUT2D eigenvalue weighted by atomic mass is 9.88. The predicted molar refractivity (Wildman–Crippen MR) is 155 cm³/mol. The van der Waals surface area contributed by atoms with E-state index in [1.54, 1.807) is 0 Å². The quantitative estimate of drug-likeness (QED) is 0.285. The number of methoxy groups -OCH3 is 1. The van der Waals surface area contributed by atoms with Crippen LogP contribution in [-0.4, -0.2) is 33.1 Å². The summed E-state index contributed by atoms with van der Waals surface area (Å²) in [7, 11) is 5.50. The highest BCUT2D eigenvalue weighted by atomic mass is 16.5. The van der Waals surface area contributed by atoms with Crippen molar-refractivity contribution in [2.75, 3.05) is 31.0 Å². The maximum atomic E-state index is 13.8. The molecule has 1 amide bonds. The SMILES string of the molecule is COC(=O)CC(C)c1cccc(N(Cc2ccc(-c3ccc(N(C)C)cc3)cc2)C(=O)C2CCCCC2)c1. The Morgan fingerprint density at radius 2 is 1.50 bits per heavy atom. The van der Waals surface area contributed by atoms with Crippen molar-refractivity contribution in [2.24, 2.45) is 5.92 Å². The molecule has 3 aromatic carbocycles. The number of ether oxygens (including phenoxy) is 1. The monoisotopic (exact) mass is 512 g/mol. The Kier molecular flexibility index (Phi) is 9.22. The van der Waals surface area contributed by atoms with Crippen molar-refractivity contribution in [3.63, 3.8) is 0 Å². The van der Waals surface area contributed by atoms with Gasteiger partial charge in [-0.2, -0.15) is 0 Å². The Bertz CT molecular complexity index is 1210. The van der Waals surface area contributed by atoms with Crippen LogP contribution in [0.1, 0.15) is 62.5 Å². The zero-order valence-corrected chi connectivity index (χ0v) is 23.2. The van der Waals surface area contributed by atoms with Gasteiger partial charge in [0, 0.05) is 31.4 Å². The molecule has 5 nitrogen and oxygen atoms in total. The summed E-state index contributed by atoms with van der Waals surface area (Å²) in [5.74, 6) is 0.0434. The number of amides is 1. The average Bonchev–Trinajstić information content (AvgIpc) is 2.96. The number of benzene rings is 3. The van der Waals surface area contributed by atoms with Gasteiger partial charge in [-0.25, -0.2) is 0 Å². The fourth-order valence-electron chi connectivity index (χ4n) is 5.25. The molecule has 1 saturated carbocycles. The van der Waals surface area contributed by atoms with Crippen LogP contribution in [0.5, 0.6) is 0 Å². The molecule has 5 heteroatoms.